The zero-order valence-corrected chi connectivity index (χ0v) is 22.3. The zero-order chi connectivity index (χ0) is 26.2. The van der Waals surface area contributed by atoms with E-state index in [-0.39, 0.29) is 17.7 Å². The summed E-state index contributed by atoms with van der Waals surface area (Å²) < 4.78 is 5.32. The SMILES string of the molecule is Cc1cccc(C(C(=O)NCc2ccccc2)N(C(=O)C(CS)NC(=O)OC(C)(C)C)C(C)C)c1. The highest BCUT2D eigenvalue weighted by Gasteiger charge is 2.37. The minimum Gasteiger partial charge on any atom is -0.444 e. The van der Waals surface area contributed by atoms with Crippen LogP contribution in [0.4, 0.5) is 4.79 Å². The monoisotopic (exact) mass is 499 g/mol. The number of aryl methyl sites for hydroxylation is 1. The van der Waals surface area contributed by atoms with Crippen LogP contribution in [0.5, 0.6) is 0 Å². The molecule has 0 spiro atoms. The minimum absolute atomic E-state index is 0.0491. The fourth-order valence-corrected chi connectivity index (χ4v) is 3.90. The van der Waals surface area contributed by atoms with Crippen LogP contribution in [0.2, 0.25) is 0 Å². The molecule has 0 aromatic heterocycles. The number of benzene rings is 2. The van der Waals surface area contributed by atoms with Gasteiger partial charge in [0.2, 0.25) is 11.8 Å². The van der Waals surface area contributed by atoms with E-state index >= 15 is 0 Å². The Kier molecular flexibility index (Phi) is 10.2. The van der Waals surface area contributed by atoms with Crippen molar-refractivity contribution in [3.8, 4) is 0 Å². The van der Waals surface area contributed by atoms with E-state index in [9.17, 15) is 14.4 Å². The lowest BCUT2D eigenvalue weighted by Gasteiger charge is -2.37. The summed E-state index contributed by atoms with van der Waals surface area (Å²) in [7, 11) is 0. The van der Waals surface area contributed by atoms with Gasteiger partial charge in [0.1, 0.15) is 17.7 Å². The van der Waals surface area contributed by atoms with Gasteiger partial charge < -0.3 is 20.3 Å². The van der Waals surface area contributed by atoms with Crippen molar-refractivity contribution in [1.82, 2.24) is 15.5 Å². The van der Waals surface area contributed by atoms with Gasteiger partial charge in [0.25, 0.3) is 0 Å². The number of amides is 3. The van der Waals surface area contributed by atoms with Gasteiger partial charge in [-0.25, -0.2) is 4.79 Å². The lowest BCUT2D eigenvalue weighted by molar-refractivity contribution is -0.144. The van der Waals surface area contributed by atoms with Crippen LogP contribution in [0.1, 0.15) is 57.4 Å². The van der Waals surface area contributed by atoms with Crippen LogP contribution < -0.4 is 10.6 Å². The molecule has 2 unspecified atom stereocenters. The van der Waals surface area contributed by atoms with Gasteiger partial charge in [0.15, 0.2) is 0 Å². The number of rotatable bonds is 9. The van der Waals surface area contributed by atoms with Crippen LogP contribution in [-0.4, -0.2) is 46.2 Å². The molecular formula is C27H37N3O4S. The van der Waals surface area contributed by atoms with Crippen molar-refractivity contribution in [2.24, 2.45) is 0 Å². The molecule has 0 radical (unpaired) electrons. The smallest absolute Gasteiger partial charge is 0.408 e. The highest BCUT2D eigenvalue weighted by atomic mass is 32.1. The number of nitrogens with zero attached hydrogens (tertiary/aromatic N) is 1. The van der Waals surface area contributed by atoms with E-state index in [1.807, 2.05) is 75.4 Å². The highest BCUT2D eigenvalue weighted by molar-refractivity contribution is 7.80. The van der Waals surface area contributed by atoms with E-state index in [2.05, 4.69) is 23.3 Å². The van der Waals surface area contributed by atoms with Crippen LogP contribution >= 0.6 is 12.6 Å². The van der Waals surface area contributed by atoms with Crippen molar-refractivity contribution >= 4 is 30.5 Å². The lowest BCUT2D eigenvalue weighted by atomic mass is 9.99. The molecule has 2 rings (SSSR count). The normalized spacial score (nSPS) is 13.0. The van der Waals surface area contributed by atoms with Gasteiger partial charge in [0, 0.05) is 18.3 Å². The Hall–Kier alpha value is -3.00. The van der Waals surface area contributed by atoms with Crippen LogP contribution in [0.3, 0.4) is 0 Å². The molecule has 0 saturated carbocycles. The molecule has 2 aromatic carbocycles. The van der Waals surface area contributed by atoms with E-state index in [0.29, 0.717) is 12.1 Å². The number of nitrogens with one attached hydrogen (secondary N) is 2. The summed E-state index contributed by atoms with van der Waals surface area (Å²) in [6, 6.07) is 14.9. The molecule has 3 amide bonds. The molecule has 2 atom stereocenters. The number of alkyl carbamates (subject to hydrolysis) is 1. The largest absolute Gasteiger partial charge is 0.444 e. The Morgan fingerprint density at radius 3 is 2.23 bits per heavy atom. The first-order chi connectivity index (χ1) is 16.4. The Morgan fingerprint density at radius 1 is 1.03 bits per heavy atom. The van der Waals surface area contributed by atoms with Crippen molar-refractivity contribution < 1.29 is 19.1 Å². The summed E-state index contributed by atoms with van der Waals surface area (Å²) in [4.78, 5) is 41.2. The molecular weight excluding hydrogens is 462 g/mol. The van der Waals surface area contributed by atoms with Crippen LogP contribution in [0.25, 0.3) is 0 Å². The highest BCUT2D eigenvalue weighted by Crippen LogP contribution is 2.26. The number of carbonyl (C=O) groups is 3. The minimum atomic E-state index is -0.968. The predicted molar refractivity (Wildman–Crippen MR) is 141 cm³/mol. The van der Waals surface area contributed by atoms with E-state index in [0.717, 1.165) is 11.1 Å². The second kappa shape index (κ2) is 12.6. The van der Waals surface area contributed by atoms with Gasteiger partial charge in [0.05, 0.1) is 0 Å². The topological polar surface area (TPSA) is 87.7 Å². The lowest BCUT2D eigenvalue weighted by Crippen LogP contribution is -2.55. The summed E-state index contributed by atoms with van der Waals surface area (Å²) in [6.07, 6.45) is -0.714. The van der Waals surface area contributed by atoms with Gasteiger partial charge in [-0.15, -0.1) is 0 Å². The second-order valence-corrected chi connectivity index (χ2v) is 10.1. The summed E-state index contributed by atoms with van der Waals surface area (Å²) in [5, 5.41) is 5.58. The van der Waals surface area contributed by atoms with Crippen LogP contribution in [-0.2, 0) is 20.9 Å². The molecule has 0 heterocycles. The van der Waals surface area contributed by atoms with E-state index in [4.69, 9.17) is 4.74 Å². The predicted octanol–water partition coefficient (Wildman–Crippen LogP) is 4.41. The third-order valence-corrected chi connectivity index (χ3v) is 5.54. The second-order valence-electron chi connectivity index (χ2n) is 9.74. The van der Waals surface area contributed by atoms with Crippen molar-refractivity contribution in [2.75, 3.05) is 5.75 Å². The molecule has 35 heavy (non-hydrogen) atoms. The number of ether oxygens (including phenoxy) is 1. The van der Waals surface area contributed by atoms with Gasteiger partial charge in [-0.2, -0.15) is 12.6 Å². The number of hydrogen-bond donors (Lipinski definition) is 3. The van der Waals surface area contributed by atoms with E-state index < -0.39 is 29.7 Å². The van der Waals surface area contributed by atoms with Crippen LogP contribution in [0, 0.1) is 6.92 Å². The molecule has 7 nitrogen and oxygen atoms in total. The maximum atomic E-state index is 13.7. The standard InChI is InChI=1S/C27H37N3O4S/c1-18(2)30(25(32)22(17-35)29-26(33)34-27(4,5)6)23(21-14-10-11-19(3)15-21)24(31)28-16-20-12-8-7-9-13-20/h7-15,18,22-23,35H,16-17H2,1-6H3,(H,28,31)(H,29,33). The third-order valence-electron chi connectivity index (χ3n) is 5.18. The first kappa shape index (κ1) is 28.2. The first-order valence-electron chi connectivity index (χ1n) is 11.7. The fourth-order valence-electron chi connectivity index (χ4n) is 3.66. The Bertz CT molecular complexity index is 1000. The number of carbonyl (C=O) groups excluding carboxylic acids is 3. The van der Waals surface area contributed by atoms with E-state index in [1.54, 1.807) is 20.8 Å². The molecule has 0 bridgehead atoms. The quantitative estimate of drug-likeness (QED) is 0.446. The molecule has 0 aliphatic carbocycles. The van der Waals surface area contributed by atoms with Gasteiger partial charge in [-0.3, -0.25) is 9.59 Å². The van der Waals surface area contributed by atoms with E-state index in [1.165, 1.54) is 4.90 Å². The molecule has 0 saturated heterocycles. The van der Waals surface area contributed by atoms with Crippen molar-refractivity contribution in [3.05, 3.63) is 71.3 Å². The van der Waals surface area contributed by atoms with Crippen molar-refractivity contribution in [2.45, 2.75) is 71.8 Å². The molecule has 2 aromatic rings. The maximum absolute atomic E-state index is 13.7. The van der Waals surface area contributed by atoms with Crippen LogP contribution in [0.15, 0.2) is 54.6 Å². The molecule has 190 valence electrons. The molecule has 0 aliphatic rings. The number of hydrogen-bond acceptors (Lipinski definition) is 5. The first-order valence-corrected chi connectivity index (χ1v) is 12.4. The Morgan fingerprint density at radius 2 is 1.69 bits per heavy atom. The molecule has 0 aliphatic heterocycles. The maximum Gasteiger partial charge on any atom is 0.408 e. The summed E-state index contributed by atoms with van der Waals surface area (Å²) >= 11 is 4.30. The number of thiol groups is 1. The summed E-state index contributed by atoms with van der Waals surface area (Å²) in [6.45, 7) is 11.2. The van der Waals surface area contributed by atoms with Gasteiger partial charge in [-0.1, -0.05) is 60.2 Å². The average Bonchev–Trinajstić information content (AvgIpc) is 2.78. The third kappa shape index (κ3) is 8.62. The zero-order valence-electron chi connectivity index (χ0n) is 21.4. The summed E-state index contributed by atoms with van der Waals surface area (Å²) in [5.41, 5.74) is 1.89. The van der Waals surface area contributed by atoms with Gasteiger partial charge in [-0.05, 0) is 52.7 Å². The van der Waals surface area contributed by atoms with Crippen molar-refractivity contribution in [1.29, 1.82) is 0 Å². The van der Waals surface area contributed by atoms with Gasteiger partial charge >= 0.3 is 6.09 Å². The van der Waals surface area contributed by atoms with Crippen molar-refractivity contribution in [3.63, 3.8) is 0 Å². The Balaban J connectivity index is 2.38. The summed E-state index contributed by atoms with van der Waals surface area (Å²) in [5.74, 6) is -0.674. The molecule has 2 N–H and O–H groups in total. The Labute approximate surface area is 214 Å². The molecule has 8 heteroatoms. The molecule has 0 fully saturated rings. The average molecular weight is 500 g/mol. The fraction of sp³-hybridized carbons (Fsp3) is 0.444.